The van der Waals surface area contributed by atoms with Crippen LogP contribution in [0.3, 0.4) is 0 Å². The average Bonchev–Trinajstić information content (AvgIpc) is 2.69. The highest BCUT2D eigenvalue weighted by atomic mass is 16.3. The minimum absolute atomic E-state index is 0.0982. The maximum absolute atomic E-state index is 12.2. The molecule has 0 aliphatic heterocycles. The molecule has 3 heteroatoms. The van der Waals surface area contributed by atoms with Crippen molar-refractivity contribution in [2.24, 2.45) is 0 Å². The molecule has 0 aromatic heterocycles. The van der Waals surface area contributed by atoms with Gasteiger partial charge in [-0.3, -0.25) is 4.79 Å². The summed E-state index contributed by atoms with van der Waals surface area (Å²) < 4.78 is 0. The molecule has 3 rings (SSSR count). The molecule has 0 saturated heterocycles. The molecule has 0 heterocycles. The monoisotopic (exact) mass is 331 g/mol. The summed E-state index contributed by atoms with van der Waals surface area (Å²) in [5.74, 6) is -0.166. The molecule has 2 N–H and O–H groups in total. The number of hydrogen-bond donors (Lipinski definition) is 2. The Bertz CT molecular complexity index is 798. The van der Waals surface area contributed by atoms with Crippen LogP contribution >= 0.6 is 0 Å². The minimum Gasteiger partial charge on any atom is -0.394 e. The fourth-order valence-corrected chi connectivity index (χ4v) is 2.77. The molecular formula is C22H21NO2. The van der Waals surface area contributed by atoms with Crippen LogP contribution < -0.4 is 5.32 Å². The van der Waals surface area contributed by atoms with E-state index in [-0.39, 0.29) is 18.6 Å². The predicted octanol–water partition coefficient (Wildman–Crippen LogP) is 3.69. The van der Waals surface area contributed by atoms with Gasteiger partial charge in [-0.1, -0.05) is 72.8 Å². The Labute approximate surface area is 148 Å². The fraction of sp³-hybridized carbons (Fsp3) is 0.136. The predicted molar refractivity (Wildman–Crippen MR) is 100 cm³/mol. The van der Waals surface area contributed by atoms with Crippen LogP contribution in [-0.2, 0) is 6.42 Å². The largest absolute Gasteiger partial charge is 0.394 e. The van der Waals surface area contributed by atoms with E-state index < -0.39 is 0 Å². The summed E-state index contributed by atoms with van der Waals surface area (Å²) in [7, 11) is 0. The van der Waals surface area contributed by atoms with E-state index in [0.717, 1.165) is 11.1 Å². The van der Waals surface area contributed by atoms with Crippen molar-refractivity contribution >= 4 is 5.91 Å². The average molecular weight is 331 g/mol. The van der Waals surface area contributed by atoms with E-state index >= 15 is 0 Å². The fourth-order valence-electron chi connectivity index (χ4n) is 2.77. The van der Waals surface area contributed by atoms with Crippen LogP contribution in [0.25, 0.3) is 11.1 Å². The van der Waals surface area contributed by atoms with Gasteiger partial charge in [0, 0.05) is 5.56 Å². The van der Waals surface area contributed by atoms with Gasteiger partial charge in [0.1, 0.15) is 0 Å². The van der Waals surface area contributed by atoms with E-state index in [9.17, 15) is 9.90 Å². The second-order valence-corrected chi connectivity index (χ2v) is 5.99. The molecule has 0 aliphatic rings. The molecule has 0 fully saturated rings. The van der Waals surface area contributed by atoms with Gasteiger partial charge in [-0.05, 0) is 35.2 Å². The van der Waals surface area contributed by atoms with Gasteiger partial charge in [0.05, 0.1) is 12.6 Å². The minimum atomic E-state index is -0.310. The maximum atomic E-state index is 12.2. The maximum Gasteiger partial charge on any atom is 0.251 e. The lowest BCUT2D eigenvalue weighted by Crippen LogP contribution is -2.39. The standard InChI is InChI=1S/C22H21NO2/c24-16-21(23-22(25)20-9-5-2-6-10-20)15-17-11-13-19(14-12-17)18-7-3-1-4-8-18/h1-14,21,24H,15-16H2,(H,23,25)/t21-/m1/s1. The molecular weight excluding hydrogens is 310 g/mol. The summed E-state index contributed by atoms with van der Waals surface area (Å²) in [6, 6.07) is 27.1. The Kier molecular flexibility index (Phi) is 5.60. The second kappa shape index (κ2) is 8.27. The van der Waals surface area contributed by atoms with Crippen molar-refractivity contribution in [3.05, 3.63) is 96.1 Å². The first-order chi connectivity index (χ1) is 12.3. The molecule has 0 saturated carbocycles. The van der Waals surface area contributed by atoms with Crippen molar-refractivity contribution in [2.45, 2.75) is 12.5 Å². The van der Waals surface area contributed by atoms with Gasteiger partial charge in [0.25, 0.3) is 5.91 Å². The lowest BCUT2D eigenvalue weighted by molar-refractivity contribution is 0.0916. The van der Waals surface area contributed by atoms with Crippen molar-refractivity contribution < 1.29 is 9.90 Å². The Hall–Kier alpha value is -2.91. The van der Waals surface area contributed by atoms with E-state index in [1.807, 2.05) is 48.5 Å². The second-order valence-electron chi connectivity index (χ2n) is 5.99. The molecule has 25 heavy (non-hydrogen) atoms. The number of benzene rings is 3. The number of carbonyl (C=O) groups is 1. The number of amides is 1. The first-order valence-corrected chi connectivity index (χ1v) is 8.37. The van der Waals surface area contributed by atoms with Gasteiger partial charge < -0.3 is 10.4 Å². The molecule has 1 atom stereocenters. The normalized spacial score (nSPS) is 11.7. The Balaban J connectivity index is 1.65. The lowest BCUT2D eigenvalue weighted by atomic mass is 10.0. The van der Waals surface area contributed by atoms with Crippen molar-refractivity contribution in [1.82, 2.24) is 5.32 Å². The molecule has 126 valence electrons. The van der Waals surface area contributed by atoms with Crippen LogP contribution in [-0.4, -0.2) is 23.7 Å². The Morgan fingerprint density at radius 1 is 0.800 bits per heavy atom. The van der Waals surface area contributed by atoms with Crippen LogP contribution in [0.5, 0.6) is 0 Å². The summed E-state index contributed by atoms with van der Waals surface area (Å²) in [4.78, 5) is 12.2. The third kappa shape index (κ3) is 4.55. The first-order valence-electron chi connectivity index (χ1n) is 8.37. The Morgan fingerprint density at radius 3 is 1.96 bits per heavy atom. The van der Waals surface area contributed by atoms with Crippen molar-refractivity contribution in [3.8, 4) is 11.1 Å². The number of carbonyl (C=O) groups excluding carboxylic acids is 1. The molecule has 0 aliphatic carbocycles. The van der Waals surface area contributed by atoms with E-state index in [1.165, 1.54) is 5.56 Å². The molecule has 0 unspecified atom stereocenters. The van der Waals surface area contributed by atoms with Crippen molar-refractivity contribution in [1.29, 1.82) is 0 Å². The zero-order valence-corrected chi connectivity index (χ0v) is 13.9. The number of hydrogen-bond acceptors (Lipinski definition) is 2. The topological polar surface area (TPSA) is 49.3 Å². The lowest BCUT2D eigenvalue weighted by Gasteiger charge is -2.17. The summed E-state index contributed by atoms with van der Waals surface area (Å²) in [5.41, 5.74) is 4.00. The van der Waals surface area contributed by atoms with Crippen LogP contribution in [0.1, 0.15) is 15.9 Å². The molecule has 0 bridgehead atoms. The van der Waals surface area contributed by atoms with Gasteiger partial charge in [-0.15, -0.1) is 0 Å². The number of aliphatic hydroxyl groups is 1. The zero-order valence-electron chi connectivity index (χ0n) is 13.9. The van der Waals surface area contributed by atoms with Gasteiger partial charge in [-0.2, -0.15) is 0 Å². The van der Waals surface area contributed by atoms with Crippen LogP contribution in [0, 0.1) is 0 Å². The van der Waals surface area contributed by atoms with Crippen LogP contribution in [0.2, 0.25) is 0 Å². The third-order valence-electron chi connectivity index (χ3n) is 4.13. The summed E-state index contributed by atoms with van der Waals surface area (Å²) in [6.07, 6.45) is 0.587. The quantitative estimate of drug-likeness (QED) is 0.724. The first kappa shape index (κ1) is 16.9. The molecule has 0 spiro atoms. The van der Waals surface area contributed by atoms with E-state index in [4.69, 9.17) is 0 Å². The van der Waals surface area contributed by atoms with Gasteiger partial charge in [0.15, 0.2) is 0 Å². The molecule has 0 radical (unpaired) electrons. The van der Waals surface area contributed by atoms with E-state index in [1.54, 1.807) is 12.1 Å². The highest BCUT2D eigenvalue weighted by Gasteiger charge is 2.13. The van der Waals surface area contributed by atoms with Gasteiger partial charge >= 0.3 is 0 Å². The Morgan fingerprint density at radius 2 is 1.36 bits per heavy atom. The number of nitrogens with one attached hydrogen (secondary N) is 1. The molecule has 3 aromatic carbocycles. The zero-order chi connectivity index (χ0) is 17.5. The van der Waals surface area contributed by atoms with Gasteiger partial charge in [0.2, 0.25) is 0 Å². The SMILES string of the molecule is O=C(N[C@@H](CO)Cc1ccc(-c2ccccc2)cc1)c1ccccc1. The summed E-state index contributed by atoms with van der Waals surface area (Å²) in [6.45, 7) is -0.0982. The summed E-state index contributed by atoms with van der Waals surface area (Å²) in [5, 5.41) is 12.5. The number of aliphatic hydroxyl groups excluding tert-OH is 1. The number of rotatable bonds is 6. The molecule has 3 nitrogen and oxygen atoms in total. The van der Waals surface area contributed by atoms with Crippen LogP contribution in [0.4, 0.5) is 0 Å². The van der Waals surface area contributed by atoms with Crippen LogP contribution in [0.15, 0.2) is 84.9 Å². The molecule has 1 amide bonds. The van der Waals surface area contributed by atoms with E-state index in [0.29, 0.717) is 12.0 Å². The molecule has 3 aromatic rings. The highest BCUT2D eigenvalue weighted by molar-refractivity contribution is 5.94. The highest BCUT2D eigenvalue weighted by Crippen LogP contribution is 2.19. The smallest absolute Gasteiger partial charge is 0.251 e. The van der Waals surface area contributed by atoms with Crippen molar-refractivity contribution in [2.75, 3.05) is 6.61 Å². The van der Waals surface area contributed by atoms with E-state index in [2.05, 4.69) is 29.6 Å². The van der Waals surface area contributed by atoms with Crippen molar-refractivity contribution in [3.63, 3.8) is 0 Å². The summed E-state index contributed by atoms with van der Waals surface area (Å²) >= 11 is 0. The van der Waals surface area contributed by atoms with Gasteiger partial charge in [-0.25, -0.2) is 0 Å². The third-order valence-corrected chi connectivity index (χ3v) is 4.13.